The predicted molar refractivity (Wildman–Crippen MR) is 63.2 cm³/mol. The minimum absolute atomic E-state index is 0.219. The summed E-state index contributed by atoms with van der Waals surface area (Å²) in [4.78, 5) is 0. The highest BCUT2D eigenvalue weighted by atomic mass is 16.5. The summed E-state index contributed by atoms with van der Waals surface area (Å²) in [7, 11) is 1.94. The van der Waals surface area contributed by atoms with E-state index in [-0.39, 0.29) is 6.10 Å². The molecule has 0 bridgehead atoms. The van der Waals surface area contributed by atoms with Gasteiger partial charge in [0.15, 0.2) is 0 Å². The monoisotopic (exact) mass is 223 g/mol. The minimum atomic E-state index is 0.219. The Labute approximate surface area is 97.0 Å². The van der Waals surface area contributed by atoms with Gasteiger partial charge in [0.2, 0.25) is 0 Å². The Bertz CT molecular complexity index is 324. The van der Waals surface area contributed by atoms with Crippen LogP contribution < -0.4 is 5.32 Å². The van der Waals surface area contributed by atoms with E-state index in [1.807, 2.05) is 24.1 Å². The third-order valence-electron chi connectivity index (χ3n) is 3.06. The smallest absolute Gasteiger partial charge is 0.0870 e. The van der Waals surface area contributed by atoms with Gasteiger partial charge in [-0.1, -0.05) is 6.92 Å². The van der Waals surface area contributed by atoms with Crippen LogP contribution in [0.2, 0.25) is 0 Å². The molecule has 4 heteroatoms. The van der Waals surface area contributed by atoms with E-state index in [0.29, 0.717) is 6.04 Å². The van der Waals surface area contributed by atoms with Gasteiger partial charge >= 0.3 is 0 Å². The average molecular weight is 223 g/mol. The Kier molecular flexibility index (Phi) is 3.96. The maximum absolute atomic E-state index is 5.79. The lowest BCUT2D eigenvalue weighted by Gasteiger charge is -2.29. The number of hydrogen-bond donors (Lipinski definition) is 1. The van der Waals surface area contributed by atoms with Gasteiger partial charge in [-0.2, -0.15) is 5.10 Å². The molecule has 0 spiro atoms. The van der Waals surface area contributed by atoms with Crippen molar-refractivity contribution in [2.75, 3.05) is 13.2 Å². The Morgan fingerprint density at radius 3 is 3.19 bits per heavy atom. The number of aryl methyl sites for hydroxylation is 1. The molecule has 1 aliphatic rings. The summed E-state index contributed by atoms with van der Waals surface area (Å²) >= 11 is 0. The first-order chi connectivity index (χ1) is 7.79. The fourth-order valence-corrected chi connectivity index (χ4v) is 2.17. The molecule has 1 saturated heterocycles. The SMILES string of the molecule is CCCNC1CCOC(c2cnn(C)c2)C1. The lowest BCUT2D eigenvalue weighted by Crippen LogP contribution is -2.36. The van der Waals surface area contributed by atoms with E-state index in [1.54, 1.807) is 0 Å². The summed E-state index contributed by atoms with van der Waals surface area (Å²) in [6, 6.07) is 0.596. The second-order valence-electron chi connectivity index (χ2n) is 4.48. The summed E-state index contributed by atoms with van der Waals surface area (Å²) in [5.41, 5.74) is 1.20. The van der Waals surface area contributed by atoms with Crippen LogP contribution in [-0.2, 0) is 11.8 Å². The Hall–Kier alpha value is -0.870. The van der Waals surface area contributed by atoms with Crippen LogP contribution in [0.4, 0.5) is 0 Å². The van der Waals surface area contributed by atoms with Crippen LogP contribution in [0, 0.1) is 0 Å². The molecule has 0 amide bonds. The largest absolute Gasteiger partial charge is 0.373 e. The van der Waals surface area contributed by atoms with Crippen LogP contribution in [0.15, 0.2) is 12.4 Å². The fourth-order valence-electron chi connectivity index (χ4n) is 2.17. The zero-order valence-corrected chi connectivity index (χ0v) is 10.1. The molecule has 2 atom stereocenters. The van der Waals surface area contributed by atoms with Crippen molar-refractivity contribution < 1.29 is 4.74 Å². The average Bonchev–Trinajstić information content (AvgIpc) is 2.74. The van der Waals surface area contributed by atoms with Crippen molar-refractivity contribution in [2.45, 2.75) is 38.3 Å². The van der Waals surface area contributed by atoms with Crippen LogP contribution in [-0.4, -0.2) is 29.0 Å². The molecule has 90 valence electrons. The van der Waals surface area contributed by atoms with Gasteiger partial charge in [0.25, 0.3) is 0 Å². The Balaban J connectivity index is 1.91. The van der Waals surface area contributed by atoms with E-state index >= 15 is 0 Å². The van der Waals surface area contributed by atoms with Gasteiger partial charge in [-0.3, -0.25) is 4.68 Å². The molecule has 2 heterocycles. The van der Waals surface area contributed by atoms with Gasteiger partial charge in [-0.05, 0) is 25.8 Å². The molecule has 1 aromatic rings. The van der Waals surface area contributed by atoms with E-state index in [0.717, 1.165) is 26.0 Å². The second kappa shape index (κ2) is 5.46. The van der Waals surface area contributed by atoms with E-state index in [2.05, 4.69) is 17.3 Å². The molecular weight excluding hydrogens is 202 g/mol. The topological polar surface area (TPSA) is 39.1 Å². The summed E-state index contributed by atoms with van der Waals surface area (Å²) in [5.74, 6) is 0. The Morgan fingerprint density at radius 1 is 1.62 bits per heavy atom. The molecule has 0 aliphatic carbocycles. The van der Waals surface area contributed by atoms with Crippen molar-refractivity contribution in [1.29, 1.82) is 0 Å². The zero-order valence-electron chi connectivity index (χ0n) is 10.1. The molecule has 1 aromatic heterocycles. The van der Waals surface area contributed by atoms with Crippen LogP contribution in [0.5, 0.6) is 0 Å². The first kappa shape index (κ1) is 11.6. The number of rotatable bonds is 4. The third kappa shape index (κ3) is 2.83. The Morgan fingerprint density at radius 2 is 2.50 bits per heavy atom. The number of nitrogens with zero attached hydrogens (tertiary/aromatic N) is 2. The fraction of sp³-hybridized carbons (Fsp3) is 0.750. The van der Waals surface area contributed by atoms with Crippen molar-refractivity contribution in [2.24, 2.45) is 7.05 Å². The lowest BCUT2D eigenvalue weighted by molar-refractivity contribution is 0.000319. The molecule has 2 rings (SSSR count). The number of aromatic nitrogens is 2. The van der Waals surface area contributed by atoms with Crippen LogP contribution >= 0.6 is 0 Å². The molecule has 4 nitrogen and oxygen atoms in total. The lowest BCUT2D eigenvalue weighted by atomic mass is 9.99. The molecule has 0 saturated carbocycles. The van der Waals surface area contributed by atoms with Gasteiger partial charge in [0, 0.05) is 31.5 Å². The van der Waals surface area contributed by atoms with E-state index in [4.69, 9.17) is 4.74 Å². The van der Waals surface area contributed by atoms with Crippen molar-refractivity contribution in [3.05, 3.63) is 18.0 Å². The maximum atomic E-state index is 5.79. The zero-order chi connectivity index (χ0) is 11.4. The molecule has 0 aromatic carbocycles. The number of hydrogen-bond acceptors (Lipinski definition) is 3. The molecule has 1 fully saturated rings. The molecular formula is C12H21N3O. The second-order valence-corrected chi connectivity index (χ2v) is 4.48. The van der Waals surface area contributed by atoms with Gasteiger partial charge in [-0.15, -0.1) is 0 Å². The minimum Gasteiger partial charge on any atom is -0.373 e. The normalized spacial score (nSPS) is 25.9. The standard InChI is InChI=1S/C12H21N3O/c1-3-5-13-11-4-6-16-12(7-11)10-8-14-15(2)9-10/h8-9,11-13H,3-7H2,1-2H3. The summed E-state index contributed by atoms with van der Waals surface area (Å²) in [6.45, 7) is 4.15. The third-order valence-corrected chi connectivity index (χ3v) is 3.06. The van der Waals surface area contributed by atoms with Crippen molar-refractivity contribution in [3.8, 4) is 0 Å². The molecule has 0 radical (unpaired) electrons. The van der Waals surface area contributed by atoms with Crippen LogP contribution in [0.25, 0.3) is 0 Å². The molecule has 2 unspecified atom stereocenters. The number of ether oxygens (including phenoxy) is 1. The van der Waals surface area contributed by atoms with E-state index < -0.39 is 0 Å². The van der Waals surface area contributed by atoms with E-state index in [9.17, 15) is 0 Å². The quantitative estimate of drug-likeness (QED) is 0.843. The van der Waals surface area contributed by atoms with Gasteiger partial charge in [0.1, 0.15) is 0 Å². The first-order valence-electron chi connectivity index (χ1n) is 6.13. The first-order valence-corrected chi connectivity index (χ1v) is 6.13. The number of nitrogens with one attached hydrogen (secondary N) is 1. The van der Waals surface area contributed by atoms with Crippen molar-refractivity contribution in [3.63, 3.8) is 0 Å². The summed E-state index contributed by atoms with van der Waals surface area (Å²) in [6.07, 6.45) is 7.55. The van der Waals surface area contributed by atoms with Crippen LogP contribution in [0.3, 0.4) is 0 Å². The summed E-state index contributed by atoms with van der Waals surface area (Å²) < 4.78 is 7.63. The molecule has 16 heavy (non-hydrogen) atoms. The van der Waals surface area contributed by atoms with Gasteiger partial charge in [-0.25, -0.2) is 0 Å². The van der Waals surface area contributed by atoms with Gasteiger partial charge in [0.05, 0.1) is 12.3 Å². The van der Waals surface area contributed by atoms with Crippen molar-refractivity contribution in [1.82, 2.24) is 15.1 Å². The molecule has 1 aliphatic heterocycles. The molecule has 1 N–H and O–H groups in total. The highest BCUT2D eigenvalue weighted by Gasteiger charge is 2.24. The maximum Gasteiger partial charge on any atom is 0.0870 e. The predicted octanol–water partition coefficient (Wildman–Crippen LogP) is 1.64. The highest BCUT2D eigenvalue weighted by molar-refractivity contribution is 5.09. The van der Waals surface area contributed by atoms with E-state index in [1.165, 1.54) is 12.0 Å². The van der Waals surface area contributed by atoms with Gasteiger partial charge < -0.3 is 10.1 Å². The summed E-state index contributed by atoms with van der Waals surface area (Å²) in [5, 5.41) is 7.77. The highest BCUT2D eigenvalue weighted by Crippen LogP contribution is 2.27. The van der Waals surface area contributed by atoms with Crippen molar-refractivity contribution >= 4 is 0 Å². The van der Waals surface area contributed by atoms with Crippen LogP contribution in [0.1, 0.15) is 37.9 Å².